The molecule has 1 rings (SSSR count). The van der Waals surface area contributed by atoms with E-state index < -0.39 is 0 Å². The number of hydrogen-bond acceptors (Lipinski definition) is 1. The number of benzene rings is 1. The van der Waals surface area contributed by atoms with E-state index in [9.17, 15) is 0 Å². The molecular formula is C17H27N. The number of hydrogen-bond donors (Lipinski definition) is 0. The van der Waals surface area contributed by atoms with Gasteiger partial charge in [-0.1, -0.05) is 56.7 Å². The van der Waals surface area contributed by atoms with Crippen molar-refractivity contribution >= 4 is 6.21 Å². The fourth-order valence-electron chi connectivity index (χ4n) is 1.43. The Morgan fingerprint density at radius 3 is 2.28 bits per heavy atom. The minimum atomic E-state index is 0.866. The topological polar surface area (TPSA) is 12.4 Å². The maximum absolute atomic E-state index is 3.78. The third-order valence-corrected chi connectivity index (χ3v) is 2.85. The fraction of sp³-hybridized carbons (Fsp3) is 0.471. The van der Waals surface area contributed by atoms with Crippen LogP contribution in [0.5, 0.6) is 0 Å². The average molecular weight is 245 g/mol. The number of rotatable bonds is 5. The SMILES string of the molecule is CC=N/C=C\C.CCC(C)CCc1ccccc1. The van der Waals surface area contributed by atoms with Gasteiger partial charge in [-0.25, -0.2) is 0 Å². The lowest BCUT2D eigenvalue weighted by Crippen LogP contribution is -1.94. The highest BCUT2D eigenvalue weighted by Crippen LogP contribution is 2.11. The van der Waals surface area contributed by atoms with E-state index in [0.29, 0.717) is 0 Å². The summed E-state index contributed by atoms with van der Waals surface area (Å²) in [5.74, 6) is 0.866. The van der Waals surface area contributed by atoms with Crippen LogP contribution >= 0.6 is 0 Å². The van der Waals surface area contributed by atoms with Gasteiger partial charge >= 0.3 is 0 Å². The molecule has 0 N–H and O–H groups in total. The molecule has 0 fully saturated rings. The van der Waals surface area contributed by atoms with Crippen molar-refractivity contribution in [1.82, 2.24) is 0 Å². The van der Waals surface area contributed by atoms with E-state index in [0.717, 1.165) is 5.92 Å². The van der Waals surface area contributed by atoms with Crippen molar-refractivity contribution in [3.05, 3.63) is 48.2 Å². The first kappa shape index (κ1) is 16.6. The summed E-state index contributed by atoms with van der Waals surface area (Å²) in [4.78, 5) is 3.78. The normalized spacial score (nSPS) is 12.4. The zero-order valence-corrected chi connectivity index (χ0v) is 12.3. The zero-order valence-electron chi connectivity index (χ0n) is 12.3. The molecule has 0 radical (unpaired) electrons. The Morgan fingerprint density at radius 2 is 1.83 bits per heavy atom. The first-order chi connectivity index (χ1) is 8.74. The van der Waals surface area contributed by atoms with Gasteiger partial charge in [-0.15, -0.1) is 0 Å². The zero-order chi connectivity index (χ0) is 13.6. The van der Waals surface area contributed by atoms with E-state index in [1.54, 1.807) is 12.4 Å². The minimum Gasteiger partial charge on any atom is -0.270 e. The Kier molecular flexibility index (Phi) is 11.2. The molecule has 1 aromatic rings. The van der Waals surface area contributed by atoms with Gasteiger partial charge in [0.2, 0.25) is 0 Å². The molecule has 1 aromatic carbocycles. The second-order valence-electron chi connectivity index (χ2n) is 4.43. The maximum atomic E-state index is 3.78. The van der Waals surface area contributed by atoms with Crippen LogP contribution < -0.4 is 0 Å². The van der Waals surface area contributed by atoms with Gasteiger partial charge in [-0.3, -0.25) is 4.99 Å². The summed E-state index contributed by atoms with van der Waals surface area (Å²) in [6.45, 7) is 8.41. The van der Waals surface area contributed by atoms with Crippen molar-refractivity contribution in [1.29, 1.82) is 0 Å². The molecule has 0 aliphatic rings. The van der Waals surface area contributed by atoms with Gasteiger partial charge < -0.3 is 0 Å². The van der Waals surface area contributed by atoms with Gasteiger partial charge in [0.1, 0.15) is 0 Å². The van der Waals surface area contributed by atoms with E-state index in [1.807, 2.05) is 19.9 Å². The Balaban J connectivity index is 0.000000411. The fourth-order valence-corrected chi connectivity index (χ4v) is 1.43. The largest absolute Gasteiger partial charge is 0.270 e. The molecular weight excluding hydrogens is 218 g/mol. The van der Waals surface area contributed by atoms with E-state index in [2.05, 4.69) is 49.2 Å². The van der Waals surface area contributed by atoms with Gasteiger partial charge in [0.05, 0.1) is 0 Å². The van der Waals surface area contributed by atoms with Crippen LogP contribution in [0.4, 0.5) is 0 Å². The predicted molar refractivity (Wildman–Crippen MR) is 83.2 cm³/mol. The lowest BCUT2D eigenvalue weighted by atomic mass is 9.99. The van der Waals surface area contributed by atoms with Crippen molar-refractivity contribution in [3.8, 4) is 0 Å². The molecule has 0 aliphatic heterocycles. The Hall–Kier alpha value is -1.37. The van der Waals surface area contributed by atoms with E-state index in [-0.39, 0.29) is 0 Å². The van der Waals surface area contributed by atoms with Crippen LogP contribution in [0.15, 0.2) is 47.6 Å². The summed E-state index contributed by atoms with van der Waals surface area (Å²) < 4.78 is 0. The van der Waals surface area contributed by atoms with Crippen molar-refractivity contribution in [3.63, 3.8) is 0 Å². The predicted octanol–water partition coefficient (Wildman–Crippen LogP) is 5.28. The molecule has 1 unspecified atom stereocenters. The third-order valence-electron chi connectivity index (χ3n) is 2.85. The molecule has 1 nitrogen and oxygen atoms in total. The van der Waals surface area contributed by atoms with Crippen molar-refractivity contribution < 1.29 is 0 Å². The molecule has 100 valence electrons. The first-order valence-electron chi connectivity index (χ1n) is 6.87. The molecule has 1 heteroatoms. The van der Waals surface area contributed by atoms with Crippen LogP contribution in [-0.2, 0) is 6.42 Å². The van der Waals surface area contributed by atoms with Crippen molar-refractivity contribution in [2.45, 2.75) is 47.0 Å². The molecule has 18 heavy (non-hydrogen) atoms. The van der Waals surface area contributed by atoms with E-state index >= 15 is 0 Å². The quantitative estimate of drug-likeness (QED) is 0.626. The molecule has 1 atom stereocenters. The van der Waals surface area contributed by atoms with Crippen molar-refractivity contribution in [2.24, 2.45) is 10.9 Å². The summed E-state index contributed by atoms with van der Waals surface area (Å²) in [7, 11) is 0. The van der Waals surface area contributed by atoms with Crippen LogP contribution in [0.2, 0.25) is 0 Å². The molecule has 0 saturated carbocycles. The highest BCUT2D eigenvalue weighted by atomic mass is 14.6. The molecule has 0 amide bonds. The second-order valence-corrected chi connectivity index (χ2v) is 4.43. The molecule has 0 aromatic heterocycles. The highest BCUT2D eigenvalue weighted by Gasteiger charge is 1.98. The Bertz CT molecular complexity index is 315. The number of nitrogens with zero attached hydrogens (tertiary/aromatic N) is 1. The summed E-state index contributed by atoms with van der Waals surface area (Å²) in [5.41, 5.74) is 1.47. The highest BCUT2D eigenvalue weighted by molar-refractivity contribution is 5.54. The Labute approximate surface area is 113 Å². The van der Waals surface area contributed by atoms with Crippen LogP contribution in [0.1, 0.15) is 46.1 Å². The van der Waals surface area contributed by atoms with Crippen LogP contribution in [-0.4, -0.2) is 6.21 Å². The standard InChI is InChI=1S/C12H18.C5H9N/c1-3-11(2)9-10-12-7-5-4-6-8-12;1-3-5-6-4-2/h4-8,11H,3,9-10H2,1-2H3;3-5H,1-2H3/b;5-3-,6-4?. The van der Waals surface area contributed by atoms with Gasteiger partial charge in [0, 0.05) is 12.4 Å². The summed E-state index contributed by atoms with van der Waals surface area (Å²) in [5, 5.41) is 0. The van der Waals surface area contributed by atoms with Gasteiger partial charge in [0.15, 0.2) is 0 Å². The average Bonchev–Trinajstić information content (AvgIpc) is 2.44. The van der Waals surface area contributed by atoms with Gasteiger partial charge in [-0.05, 0) is 38.2 Å². The molecule has 0 spiro atoms. The third kappa shape index (κ3) is 9.83. The molecule has 0 saturated heterocycles. The first-order valence-corrected chi connectivity index (χ1v) is 6.87. The number of allylic oxidation sites excluding steroid dienone is 1. The monoisotopic (exact) mass is 245 g/mol. The lowest BCUT2D eigenvalue weighted by Gasteiger charge is -2.07. The van der Waals surface area contributed by atoms with Crippen LogP contribution in [0, 0.1) is 5.92 Å². The molecule has 0 aliphatic carbocycles. The molecule has 0 heterocycles. The lowest BCUT2D eigenvalue weighted by molar-refractivity contribution is 0.516. The second kappa shape index (κ2) is 12.1. The van der Waals surface area contributed by atoms with Crippen LogP contribution in [0.25, 0.3) is 0 Å². The summed E-state index contributed by atoms with van der Waals surface area (Å²) >= 11 is 0. The van der Waals surface area contributed by atoms with Gasteiger partial charge in [-0.2, -0.15) is 0 Å². The minimum absolute atomic E-state index is 0.866. The number of aliphatic imine (C=N–C) groups is 1. The van der Waals surface area contributed by atoms with E-state index in [1.165, 1.54) is 24.8 Å². The molecule has 0 bridgehead atoms. The summed E-state index contributed by atoms with van der Waals surface area (Å²) in [6.07, 6.45) is 9.24. The Morgan fingerprint density at radius 1 is 1.17 bits per heavy atom. The maximum Gasteiger partial charge on any atom is 0.0221 e. The van der Waals surface area contributed by atoms with Crippen LogP contribution in [0.3, 0.4) is 0 Å². The van der Waals surface area contributed by atoms with Gasteiger partial charge in [0.25, 0.3) is 0 Å². The van der Waals surface area contributed by atoms with E-state index in [4.69, 9.17) is 0 Å². The van der Waals surface area contributed by atoms with Crippen molar-refractivity contribution in [2.75, 3.05) is 0 Å². The summed E-state index contributed by atoms with van der Waals surface area (Å²) in [6, 6.07) is 10.7. The smallest absolute Gasteiger partial charge is 0.0221 e. The number of aryl methyl sites for hydroxylation is 1.